The van der Waals surface area contributed by atoms with Crippen LogP contribution in [0.4, 0.5) is 21.5 Å². The molecule has 0 unspecified atom stereocenters. The van der Waals surface area contributed by atoms with Crippen molar-refractivity contribution in [1.29, 1.82) is 0 Å². The number of fused-ring (bicyclic) bond motifs is 1. The van der Waals surface area contributed by atoms with Gasteiger partial charge in [0, 0.05) is 31.9 Å². The van der Waals surface area contributed by atoms with Crippen LogP contribution in [0.25, 0.3) is 0 Å². The van der Waals surface area contributed by atoms with Crippen molar-refractivity contribution < 1.29 is 14.0 Å². The highest BCUT2D eigenvalue weighted by atomic mass is 19.1. The fraction of sp³-hybridized carbons (Fsp3) is 0.417. The van der Waals surface area contributed by atoms with Crippen molar-refractivity contribution in [3.05, 3.63) is 54.3 Å². The van der Waals surface area contributed by atoms with Crippen molar-refractivity contribution in [2.45, 2.75) is 31.2 Å². The second kappa shape index (κ2) is 7.96. The fourth-order valence-electron chi connectivity index (χ4n) is 5.21. The first-order chi connectivity index (χ1) is 15.1. The van der Waals surface area contributed by atoms with E-state index in [1.54, 1.807) is 17.0 Å². The van der Waals surface area contributed by atoms with Crippen molar-refractivity contribution >= 4 is 28.9 Å². The third kappa shape index (κ3) is 3.57. The summed E-state index contributed by atoms with van der Waals surface area (Å²) in [7, 11) is 0. The minimum Gasteiger partial charge on any atom is -0.369 e. The van der Waals surface area contributed by atoms with E-state index in [2.05, 4.69) is 15.1 Å². The van der Waals surface area contributed by atoms with Crippen LogP contribution >= 0.6 is 0 Å². The van der Waals surface area contributed by atoms with Gasteiger partial charge in [0.05, 0.1) is 17.9 Å². The lowest BCUT2D eigenvalue weighted by molar-refractivity contribution is -0.128. The minimum absolute atomic E-state index is 0.0144. The summed E-state index contributed by atoms with van der Waals surface area (Å²) < 4.78 is 13.2. The van der Waals surface area contributed by atoms with Gasteiger partial charge >= 0.3 is 0 Å². The first-order valence-corrected chi connectivity index (χ1v) is 11.0. The average molecular weight is 423 g/mol. The molecule has 2 aromatic carbocycles. The zero-order valence-electron chi connectivity index (χ0n) is 17.5. The first kappa shape index (κ1) is 20.0. The van der Waals surface area contributed by atoms with Crippen LogP contribution in [0, 0.1) is 5.82 Å². The SMILES string of the molecule is O=C(CN1CCN(c2ccc(F)cc2)CC1)N1c2ccccc2NC(=O)C12CCCC2. The number of nitrogens with one attached hydrogen (secondary N) is 1. The minimum atomic E-state index is -0.763. The Kier molecular flexibility index (Phi) is 5.14. The lowest BCUT2D eigenvalue weighted by Gasteiger charge is -2.45. The summed E-state index contributed by atoms with van der Waals surface area (Å²) in [5, 5.41) is 3.03. The molecule has 1 N–H and O–H groups in total. The quantitative estimate of drug-likeness (QED) is 0.825. The standard InChI is InChI=1S/C24H27FN4O2/c25-18-7-9-19(10-8-18)28-15-13-27(14-16-28)17-22(30)29-21-6-2-1-5-20(21)26-23(31)24(29)11-3-4-12-24/h1-2,5-10H,3-4,11-17H2,(H,26,31). The maximum absolute atomic E-state index is 13.6. The van der Waals surface area contributed by atoms with Crippen LogP contribution in [-0.2, 0) is 9.59 Å². The van der Waals surface area contributed by atoms with Gasteiger partial charge in [-0.25, -0.2) is 4.39 Å². The normalized spacial score (nSPS) is 20.6. The highest BCUT2D eigenvalue weighted by molar-refractivity contribution is 6.15. The van der Waals surface area contributed by atoms with Crippen LogP contribution in [0.3, 0.4) is 0 Å². The van der Waals surface area contributed by atoms with E-state index >= 15 is 0 Å². The fourth-order valence-corrected chi connectivity index (χ4v) is 5.21. The number of hydrogen-bond acceptors (Lipinski definition) is 4. The zero-order chi connectivity index (χ0) is 21.4. The van der Waals surface area contributed by atoms with Gasteiger partial charge in [0.2, 0.25) is 5.91 Å². The third-order valence-electron chi connectivity index (χ3n) is 6.85. The van der Waals surface area contributed by atoms with Gasteiger partial charge in [0.25, 0.3) is 5.91 Å². The molecule has 31 heavy (non-hydrogen) atoms. The van der Waals surface area contributed by atoms with Crippen LogP contribution in [0.15, 0.2) is 48.5 Å². The Hall–Kier alpha value is -2.93. The number of nitrogens with zero attached hydrogens (tertiary/aromatic N) is 3. The van der Waals surface area contributed by atoms with E-state index in [-0.39, 0.29) is 17.6 Å². The lowest BCUT2D eigenvalue weighted by Crippen LogP contribution is -2.62. The molecule has 0 atom stereocenters. The molecule has 7 heteroatoms. The molecule has 5 rings (SSSR count). The number of carbonyl (C=O) groups excluding carboxylic acids is 2. The van der Waals surface area contributed by atoms with E-state index in [0.29, 0.717) is 25.1 Å². The van der Waals surface area contributed by atoms with Gasteiger partial charge in [0.15, 0.2) is 0 Å². The molecule has 2 fully saturated rings. The summed E-state index contributed by atoms with van der Waals surface area (Å²) in [5.74, 6) is -0.308. The van der Waals surface area contributed by atoms with Gasteiger partial charge in [-0.2, -0.15) is 0 Å². The van der Waals surface area contributed by atoms with Gasteiger partial charge in [-0.3, -0.25) is 19.4 Å². The Morgan fingerprint density at radius 2 is 1.65 bits per heavy atom. The molecule has 3 aliphatic rings. The lowest BCUT2D eigenvalue weighted by atomic mass is 9.89. The van der Waals surface area contributed by atoms with E-state index < -0.39 is 5.54 Å². The number of piperazine rings is 1. The maximum atomic E-state index is 13.6. The Bertz CT molecular complexity index is 979. The second-order valence-corrected chi connectivity index (χ2v) is 8.68. The molecule has 0 radical (unpaired) electrons. The van der Waals surface area contributed by atoms with E-state index in [0.717, 1.165) is 50.4 Å². The number of amides is 2. The van der Waals surface area contributed by atoms with Crippen LogP contribution < -0.4 is 15.1 Å². The third-order valence-corrected chi connectivity index (χ3v) is 6.85. The molecule has 1 saturated heterocycles. The largest absolute Gasteiger partial charge is 0.369 e. The molecule has 162 valence electrons. The maximum Gasteiger partial charge on any atom is 0.250 e. The molecule has 2 aromatic rings. The van der Waals surface area contributed by atoms with Crippen LogP contribution in [0.2, 0.25) is 0 Å². The molecule has 2 heterocycles. The second-order valence-electron chi connectivity index (χ2n) is 8.68. The zero-order valence-corrected chi connectivity index (χ0v) is 17.5. The summed E-state index contributed by atoms with van der Waals surface area (Å²) in [5.41, 5.74) is 1.75. The summed E-state index contributed by atoms with van der Waals surface area (Å²) in [6, 6.07) is 14.1. The smallest absolute Gasteiger partial charge is 0.250 e. The predicted molar refractivity (Wildman–Crippen MR) is 119 cm³/mol. The molecule has 1 spiro atoms. The number of anilines is 3. The average Bonchev–Trinajstić information content (AvgIpc) is 3.26. The number of rotatable bonds is 3. The highest BCUT2D eigenvalue weighted by Crippen LogP contribution is 2.45. The molecule has 2 amide bonds. The Morgan fingerprint density at radius 1 is 0.968 bits per heavy atom. The van der Waals surface area contributed by atoms with E-state index in [1.807, 2.05) is 24.3 Å². The summed E-state index contributed by atoms with van der Waals surface area (Å²) >= 11 is 0. The summed E-state index contributed by atoms with van der Waals surface area (Å²) in [6.45, 7) is 3.35. The topological polar surface area (TPSA) is 55.9 Å². The molecule has 1 saturated carbocycles. The van der Waals surface area contributed by atoms with Gasteiger partial charge in [-0.1, -0.05) is 25.0 Å². The highest BCUT2D eigenvalue weighted by Gasteiger charge is 2.52. The molecule has 2 aliphatic heterocycles. The van der Waals surface area contributed by atoms with Crippen LogP contribution in [0.1, 0.15) is 25.7 Å². The van der Waals surface area contributed by atoms with E-state index in [1.165, 1.54) is 12.1 Å². The van der Waals surface area contributed by atoms with Crippen molar-refractivity contribution in [2.24, 2.45) is 0 Å². The van der Waals surface area contributed by atoms with E-state index in [9.17, 15) is 14.0 Å². The van der Waals surface area contributed by atoms with Gasteiger partial charge < -0.3 is 10.2 Å². The Labute approximate surface area is 181 Å². The number of para-hydroxylation sites is 2. The number of benzene rings is 2. The van der Waals surface area contributed by atoms with E-state index in [4.69, 9.17) is 0 Å². The van der Waals surface area contributed by atoms with Crippen molar-refractivity contribution in [3.63, 3.8) is 0 Å². The van der Waals surface area contributed by atoms with Gasteiger partial charge in [0.1, 0.15) is 11.4 Å². The molecular weight excluding hydrogens is 395 g/mol. The van der Waals surface area contributed by atoms with Gasteiger partial charge in [-0.05, 0) is 49.2 Å². The van der Waals surface area contributed by atoms with Crippen LogP contribution in [-0.4, -0.2) is 55.0 Å². The predicted octanol–water partition coefficient (Wildman–Crippen LogP) is 3.25. The summed E-state index contributed by atoms with van der Waals surface area (Å²) in [6.07, 6.45) is 3.32. The van der Waals surface area contributed by atoms with Crippen molar-refractivity contribution in [2.75, 3.05) is 47.8 Å². The Balaban J connectivity index is 1.31. The van der Waals surface area contributed by atoms with Crippen molar-refractivity contribution in [1.82, 2.24) is 4.90 Å². The number of carbonyl (C=O) groups is 2. The van der Waals surface area contributed by atoms with Gasteiger partial charge in [-0.15, -0.1) is 0 Å². The molecular formula is C24H27FN4O2. The first-order valence-electron chi connectivity index (χ1n) is 11.0. The number of halogens is 1. The Morgan fingerprint density at radius 3 is 2.35 bits per heavy atom. The monoisotopic (exact) mass is 422 g/mol. The van der Waals surface area contributed by atoms with Crippen LogP contribution in [0.5, 0.6) is 0 Å². The summed E-state index contributed by atoms with van der Waals surface area (Å²) in [4.78, 5) is 32.8. The molecule has 6 nitrogen and oxygen atoms in total. The molecule has 1 aliphatic carbocycles. The molecule has 0 aromatic heterocycles. The number of hydrogen-bond donors (Lipinski definition) is 1. The molecule has 0 bridgehead atoms. The van der Waals surface area contributed by atoms with Crippen molar-refractivity contribution in [3.8, 4) is 0 Å².